The lowest BCUT2D eigenvalue weighted by Crippen LogP contribution is -2.10. The predicted octanol–water partition coefficient (Wildman–Crippen LogP) is 9.55. The summed E-state index contributed by atoms with van der Waals surface area (Å²) in [7, 11) is 0. The highest BCUT2D eigenvalue weighted by Gasteiger charge is 2.34. The fraction of sp³-hybridized carbons (Fsp3) is 0.333. The van der Waals surface area contributed by atoms with Crippen molar-refractivity contribution in [2.45, 2.75) is 59.4 Å². The standard InChI is InChI=1S/C33H34F5N3O/c1-5-7-8-27(31(35)22(4)34)32-39-29-15-16-41(19-30(29)40-32)18-23-9-11-24(12-10-23)26-14-13-25(42-20-21(3)6-2)17-28(26)33(36,37)38/h5,7,9-17,19,21-22H,6,8,18,20H2,1-4H3/b7-5-,31-27-. The summed E-state index contributed by atoms with van der Waals surface area (Å²) >= 11 is 0. The number of imidazole rings is 1. The van der Waals surface area contributed by atoms with Crippen LogP contribution in [0.2, 0.25) is 0 Å². The Labute approximate surface area is 242 Å². The molecule has 0 saturated carbocycles. The molecule has 4 nitrogen and oxygen atoms in total. The number of rotatable bonds is 11. The van der Waals surface area contributed by atoms with Gasteiger partial charge in [-0.2, -0.15) is 13.2 Å². The summed E-state index contributed by atoms with van der Waals surface area (Å²) in [4.78, 5) is 8.84. The monoisotopic (exact) mass is 583 g/mol. The molecular formula is C33H34F5N3O. The van der Waals surface area contributed by atoms with Crippen LogP contribution in [0.1, 0.15) is 57.5 Å². The molecule has 4 rings (SSSR count). The van der Waals surface area contributed by atoms with Gasteiger partial charge in [0, 0.05) is 24.5 Å². The molecule has 0 spiro atoms. The number of halogens is 5. The third kappa shape index (κ3) is 7.43. The summed E-state index contributed by atoms with van der Waals surface area (Å²) in [5.41, 5.74) is 1.80. The zero-order valence-corrected chi connectivity index (χ0v) is 24.1. The highest BCUT2D eigenvalue weighted by Crippen LogP contribution is 2.39. The second-order valence-corrected chi connectivity index (χ2v) is 10.4. The molecule has 2 aliphatic heterocycles. The number of nitrogens with zero attached hydrogens (tertiary/aromatic N) is 3. The predicted molar refractivity (Wildman–Crippen MR) is 156 cm³/mol. The highest BCUT2D eigenvalue weighted by atomic mass is 19.4. The maximum absolute atomic E-state index is 14.6. The van der Waals surface area contributed by atoms with Gasteiger partial charge in [-0.3, -0.25) is 0 Å². The molecule has 0 N–H and O–H groups in total. The van der Waals surface area contributed by atoms with Gasteiger partial charge in [0.2, 0.25) is 0 Å². The summed E-state index contributed by atoms with van der Waals surface area (Å²) in [6, 6.07) is 12.7. The van der Waals surface area contributed by atoms with E-state index in [0.717, 1.165) is 25.0 Å². The second kappa shape index (κ2) is 13.3. The molecule has 2 aromatic carbocycles. The number of fused-ring (bicyclic) bond motifs is 1. The lowest BCUT2D eigenvalue weighted by atomic mass is 9.98. The first-order valence-electron chi connectivity index (χ1n) is 13.9. The minimum atomic E-state index is -4.54. The number of allylic oxidation sites excluding steroid dienone is 4. The molecule has 9 heteroatoms. The van der Waals surface area contributed by atoms with Crippen LogP contribution in [-0.4, -0.2) is 27.3 Å². The maximum atomic E-state index is 14.6. The normalized spacial score (nSPS) is 14.3. The van der Waals surface area contributed by atoms with Crippen molar-refractivity contribution in [3.8, 4) is 28.3 Å². The summed E-state index contributed by atoms with van der Waals surface area (Å²) in [5.74, 6) is -0.314. The fourth-order valence-corrected chi connectivity index (χ4v) is 4.41. The van der Waals surface area contributed by atoms with Gasteiger partial charge < -0.3 is 9.30 Å². The highest BCUT2D eigenvalue weighted by molar-refractivity contribution is 5.70. The summed E-state index contributed by atoms with van der Waals surface area (Å²) in [6.07, 6.45) is 1.74. The van der Waals surface area contributed by atoms with Crippen molar-refractivity contribution in [1.82, 2.24) is 14.5 Å². The van der Waals surface area contributed by atoms with Gasteiger partial charge in [-0.05, 0) is 61.1 Å². The molecule has 2 atom stereocenters. The maximum Gasteiger partial charge on any atom is 0.417 e. The van der Waals surface area contributed by atoms with Crippen LogP contribution >= 0.6 is 0 Å². The number of benzene rings is 2. The van der Waals surface area contributed by atoms with Crippen molar-refractivity contribution in [1.29, 1.82) is 0 Å². The van der Waals surface area contributed by atoms with Crippen molar-refractivity contribution in [2.75, 3.05) is 6.61 Å². The lowest BCUT2D eigenvalue weighted by Gasteiger charge is -2.17. The van der Waals surface area contributed by atoms with Gasteiger partial charge in [-0.25, -0.2) is 18.7 Å². The average molecular weight is 584 g/mol. The van der Waals surface area contributed by atoms with Crippen LogP contribution in [-0.2, 0) is 12.7 Å². The van der Waals surface area contributed by atoms with Crippen LogP contribution in [0, 0.1) is 5.92 Å². The molecule has 2 aliphatic rings. The Kier molecular flexibility index (Phi) is 9.81. The Hall–Kier alpha value is -4.01. The van der Waals surface area contributed by atoms with E-state index in [4.69, 9.17) is 4.74 Å². The minimum Gasteiger partial charge on any atom is -0.493 e. The minimum absolute atomic E-state index is 0.0789. The fourth-order valence-electron chi connectivity index (χ4n) is 4.41. The first kappa shape index (κ1) is 30.9. The van der Waals surface area contributed by atoms with Gasteiger partial charge in [-0.1, -0.05) is 62.8 Å². The Morgan fingerprint density at radius 1 is 1.02 bits per heavy atom. The van der Waals surface area contributed by atoms with E-state index in [9.17, 15) is 22.0 Å². The van der Waals surface area contributed by atoms with E-state index in [-0.39, 0.29) is 35.0 Å². The Bertz CT molecular complexity index is 1520. The Balaban J connectivity index is 1.56. The zero-order valence-electron chi connectivity index (χ0n) is 24.1. The molecule has 0 amide bonds. The molecule has 2 heterocycles. The average Bonchev–Trinajstić information content (AvgIpc) is 3.39. The van der Waals surface area contributed by atoms with E-state index in [1.165, 1.54) is 6.07 Å². The third-order valence-electron chi connectivity index (χ3n) is 7.05. The van der Waals surface area contributed by atoms with Crippen LogP contribution in [0.25, 0.3) is 28.1 Å². The van der Waals surface area contributed by atoms with Crippen LogP contribution in [0.4, 0.5) is 22.0 Å². The van der Waals surface area contributed by atoms with Gasteiger partial charge in [0.25, 0.3) is 0 Å². The van der Waals surface area contributed by atoms with E-state index < -0.39 is 23.7 Å². The Morgan fingerprint density at radius 2 is 1.74 bits per heavy atom. The number of hydrogen-bond donors (Lipinski definition) is 0. The van der Waals surface area contributed by atoms with Crippen molar-refractivity contribution in [3.63, 3.8) is 0 Å². The molecule has 0 bridgehead atoms. The van der Waals surface area contributed by atoms with Crippen molar-refractivity contribution in [2.24, 2.45) is 5.92 Å². The topological polar surface area (TPSA) is 39.9 Å². The third-order valence-corrected chi connectivity index (χ3v) is 7.05. The SMILES string of the molecule is C/C=C\C/C(=C(/F)C(C)F)c1nc2ccn(Cc3ccc(-c4ccc(OCC(C)CC)cc4C(F)(F)F)cc3)cc-2n1. The van der Waals surface area contributed by atoms with Gasteiger partial charge in [-0.15, -0.1) is 0 Å². The summed E-state index contributed by atoms with van der Waals surface area (Å²) in [6.45, 7) is 7.69. The van der Waals surface area contributed by atoms with Crippen molar-refractivity contribution >= 4 is 5.57 Å². The Morgan fingerprint density at radius 3 is 2.38 bits per heavy atom. The molecule has 0 aliphatic carbocycles. The van der Waals surface area contributed by atoms with Crippen LogP contribution in [0.3, 0.4) is 0 Å². The largest absolute Gasteiger partial charge is 0.493 e. The molecule has 222 valence electrons. The molecule has 0 fully saturated rings. The van der Waals surface area contributed by atoms with E-state index >= 15 is 0 Å². The summed E-state index contributed by atoms with van der Waals surface area (Å²) in [5, 5.41) is 0. The smallest absolute Gasteiger partial charge is 0.417 e. The number of alkyl halides is 4. The lowest BCUT2D eigenvalue weighted by molar-refractivity contribution is -0.137. The molecule has 0 aromatic heterocycles. The molecule has 42 heavy (non-hydrogen) atoms. The van der Waals surface area contributed by atoms with Crippen LogP contribution < -0.4 is 4.74 Å². The number of ether oxygens (including phenoxy) is 1. The second-order valence-electron chi connectivity index (χ2n) is 10.4. The molecular weight excluding hydrogens is 549 g/mol. The van der Waals surface area contributed by atoms with Gasteiger partial charge in [0.05, 0.1) is 17.9 Å². The molecule has 0 saturated heterocycles. The quantitative estimate of drug-likeness (QED) is 0.130. The van der Waals surface area contributed by atoms with Gasteiger partial charge in [0.1, 0.15) is 23.4 Å². The van der Waals surface area contributed by atoms with E-state index in [1.807, 2.05) is 18.4 Å². The zero-order chi connectivity index (χ0) is 30.4. The molecule has 0 radical (unpaired) electrons. The number of hydrogen-bond acceptors (Lipinski definition) is 3. The first-order valence-corrected chi connectivity index (χ1v) is 13.9. The molecule has 2 unspecified atom stereocenters. The molecule has 2 aromatic rings. The van der Waals surface area contributed by atoms with Crippen molar-refractivity contribution < 1.29 is 26.7 Å². The van der Waals surface area contributed by atoms with Crippen LogP contribution in [0.5, 0.6) is 5.75 Å². The van der Waals surface area contributed by atoms with Gasteiger partial charge >= 0.3 is 6.18 Å². The summed E-state index contributed by atoms with van der Waals surface area (Å²) < 4.78 is 77.6. The first-order chi connectivity index (χ1) is 20.0. The van der Waals surface area contributed by atoms with Crippen molar-refractivity contribution in [3.05, 3.63) is 95.9 Å². The van der Waals surface area contributed by atoms with E-state index in [2.05, 4.69) is 9.97 Å². The number of aromatic nitrogens is 3. The number of pyridine rings is 1. The van der Waals surface area contributed by atoms with E-state index in [0.29, 0.717) is 30.1 Å². The van der Waals surface area contributed by atoms with Gasteiger partial charge in [0.15, 0.2) is 5.82 Å². The van der Waals surface area contributed by atoms with Crippen LogP contribution in [0.15, 0.2) is 78.9 Å². The van der Waals surface area contributed by atoms with E-state index in [1.54, 1.807) is 67.9 Å².